The number of rotatable bonds is 0. The van der Waals surface area contributed by atoms with Gasteiger partial charge in [-0.25, -0.2) is 0 Å². The Labute approximate surface area is 96.1 Å². The smallest absolute Gasteiger partial charge is 0.261 e. The van der Waals surface area contributed by atoms with Gasteiger partial charge in [-0.1, -0.05) is 27.3 Å². The van der Waals surface area contributed by atoms with E-state index in [1.807, 2.05) is 16.7 Å². The molecule has 0 radical (unpaired) electrons. The molecule has 0 amide bonds. The largest absolute Gasteiger partial charge is 0.867 e. The summed E-state index contributed by atoms with van der Waals surface area (Å²) >= 11 is 8.10. The minimum atomic E-state index is 0.0429. The van der Waals surface area contributed by atoms with Gasteiger partial charge in [0.2, 0.25) is 0 Å². The van der Waals surface area contributed by atoms with Crippen molar-refractivity contribution in [1.29, 1.82) is 0 Å². The van der Waals surface area contributed by atoms with E-state index in [2.05, 4.69) is 31.9 Å². The van der Waals surface area contributed by atoms with E-state index in [9.17, 15) is 5.11 Å². The molecule has 13 heavy (non-hydrogen) atoms. The van der Waals surface area contributed by atoms with Crippen LogP contribution in [0.15, 0.2) is 20.5 Å². The molecule has 0 spiro atoms. The lowest BCUT2D eigenvalue weighted by molar-refractivity contribution is -0.531. The van der Waals surface area contributed by atoms with Crippen molar-refractivity contribution in [1.82, 2.24) is 0 Å². The van der Waals surface area contributed by atoms with Crippen LogP contribution in [0, 0.1) is 6.92 Å². The van der Waals surface area contributed by atoms with Gasteiger partial charge < -0.3 is 5.11 Å². The normalized spacial score (nSPS) is 11.0. The van der Waals surface area contributed by atoms with Crippen LogP contribution in [0.5, 0.6) is 5.75 Å². The number of aromatic nitrogens is 1. The van der Waals surface area contributed by atoms with Crippen molar-refractivity contribution in [3.05, 3.63) is 26.2 Å². The third kappa shape index (κ3) is 1.39. The summed E-state index contributed by atoms with van der Waals surface area (Å²) in [6.45, 7) is 1.97. The molecule has 0 atom stereocenters. The zero-order valence-electron chi connectivity index (χ0n) is 6.67. The molecule has 68 valence electrons. The van der Waals surface area contributed by atoms with Gasteiger partial charge in [0.15, 0.2) is 5.69 Å². The molecule has 0 aliphatic rings. The SMILES string of the molecule is Cc1csc2c([O-])c(Br)cc(Br)[n+]12. The molecule has 2 rings (SSSR count). The summed E-state index contributed by atoms with van der Waals surface area (Å²) in [5.74, 6) is 0.0429. The molecule has 2 nitrogen and oxygen atoms in total. The fourth-order valence-corrected chi connectivity index (χ4v) is 3.76. The number of pyridine rings is 1. The summed E-state index contributed by atoms with van der Waals surface area (Å²) in [4.78, 5) is 0.735. The van der Waals surface area contributed by atoms with Crippen molar-refractivity contribution in [2.75, 3.05) is 0 Å². The van der Waals surface area contributed by atoms with Crippen LogP contribution in [0.2, 0.25) is 0 Å². The molecule has 0 N–H and O–H groups in total. The van der Waals surface area contributed by atoms with Gasteiger partial charge in [-0.3, -0.25) is 0 Å². The second-order valence-electron chi connectivity index (χ2n) is 2.66. The first-order chi connectivity index (χ1) is 6.11. The standard InChI is InChI=1S/C8H5Br2NOS/c1-4-3-13-8-7(12)5(9)2-6(10)11(4)8/h2-3H,1H3. The first-order valence-corrected chi connectivity index (χ1v) is 6.02. The Bertz CT molecular complexity index is 480. The zero-order valence-corrected chi connectivity index (χ0v) is 10.7. The zero-order chi connectivity index (χ0) is 9.59. The first kappa shape index (κ1) is 9.43. The predicted octanol–water partition coefficient (Wildman–Crippen LogP) is 2.39. The van der Waals surface area contributed by atoms with Crippen LogP contribution in [0.1, 0.15) is 5.69 Å². The summed E-state index contributed by atoms with van der Waals surface area (Å²) in [6, 6.07) is 1.77. The average molecular weight is 323 g/mol. The van der Waals surface area contributed by atoms with E-state index in [0.29, 0.717) is 4.47 Å². The highest BCUT2D eigenvalue weighted by Gasteiger charge is 2.16. The molecule has 0 aromatic carbocycles. The van der Waals surface area contributed by atoms with Gasteiger partial charge in [0.05, 0.1) is 5.38 Å². The molecule has 0 aliphatic carbocycles. The quantitative estimate of drug-likeness (QED) is 0.540. The molecular formula is C8H5Br2NOS. The Morgan fingerprint density at radius 3 is 2.85 bits per heavy atom. The number of aryl methyl sites for hydroxylation is 1. The number of hydrogen-bond acceptors (Lipinski definition) is 2. The number of thiazole rings is 1. The lowest BCUT2D eigenvalue weighted by Crippen LogP contribution is -2.25. The van der Waals surface area contributed by atoms with Gasteiger partial charge in [-0.05, 0) is 5.75 Å². The molecule has 0 bridgehead atoms. The minimum absolute atomic E-state index is 0.0429. The number of nitrogens with zero attached hydrogens (tertiary/aromatic N) is 1. The predicted molar refractivity (Wildman–Crippen MR) is 57.1 cm³/mol. The van der Waals surface area contributed by atoms with E-state index in [1.54, 1.807) is 6.07 Å². The molecular weight excluding hydrogens is 318 g/mol. The Morgan fingerprint density at radius 2 is 2.15 bits per heavy atom. The average Bonchev–Trinajstić information content (AvgIpc) is 2.44. The Hall–Kier alpha value is -0.130. The third-order valence-corrected chi connectivity index (χ3v) is 3.99. The van der Waals surface area contributed by atoms with E-state index in [-0.39, 0.29) is 5.75 Å². The summed E-state index contributed by atoms with van der Waals surface area (Å²) in [7, 11) is 0. The summed E-state index contributed by atoms with van der Waals surface area (Å²) in [6.07, 6.45) is 0. The van der Waals surface area contributed by atoms with Crippen LogP contribution < -0.4 is 9.51 Å². The fourth-order valence-electron chi connectivity index (χ4n) is 1.16. The maximum Gasteiger partial charge on any atom is 0.261 e. The Balaban J connectivity index is 2.99. The molecule has 2 heterocycles. The molecule has 0 saturated carbocycles. The number of halogens is 2. The Morgan fingerprint density at radius 1 is 1.46 bits per heavy atom. The third-order valence-electron chi connectivity index (χ3n) is 1.77. The van der Waals surface area contributed by atoms with E-state index in [0.717, 1.165) is 15.1 Å². The van der Waals surface area contributed by atoms with Crippen molar-refractivity contribution in [2.24, 2.45) is 0 Å². The van der Waals surface area contributed by atoms with Crippen LogP contribution in [0.3, 0.4) is 0 Å². The van der Waals surface area contributed by atoms with Gasteiger partial charge in [-0.15, -0.1) is 4.40 Å². The van der Waals surface area contributed by atoms with E-state index in [1.165, 1.54) is 11.3 Å². The topological polar surface area (TPSA) is 27.2 Å². The maximum atomic E-state index is 11.6. The van der Waals surface area contributed by atoms with Gasteiger partial charge in [0, 0.05) is 33.4 Å². The summed E-state index contributed by atoms with van der Waals surface area (Å²) in [5, 5.41) is 13.6. The fraction of sp³-hybridized carbons (Fsp3) is 0.125. The van der Waals surface area contributed by atoms with Crippen molar-refractivity contribution in [3.8, 4) is 5.75 Å². The van der Waals surface area contributed by atoms with Crippen molar-refractivity contribution < 1.29 is 9.51 Å². The van der Waals surface area contributed by atoms with Crippen LogP contribution in [-0.2, 0) is 0 Å². The second kappa shape index (κ2) is 3.22. The number of fused-ring (bicyclic) bond motifs is 1. The van der Waals surface area contributed by atoms with E-state index < -0.39 is 0 Å². The first-order valence-electron chi connectivity index (χ1n) is 3.56. The monoisotopic (exact) mass is 321 g/mol. The molecule has 0 saturated heterocycles. The van der Waals surface area contributed by atoms with Crippen LogP contribution >= 0.6 is 43.2 Å². The van der Waals surface area contributed by atoms with Crippen LogP contribution in [0.4, 0.5) is 0 Å². The molecule has 2 aromatic heterocycles. The van der Waals surface area contributed by atoms with Gasteiger partial charge >= 0.3 is 0 Å². The molecule has 0 aliphatic heterocycles. The Kier molecular flexibility index (Phi) is 2.33. The highest BCUT2D eigenvalue weighted by molar-refractivity contribution is 9.11. The van der Waals surface area contributed by atoms with E-state index >= 15 is 0 Å². The lowest BCUT2D eigenvalue weighted by atomic mass is 10.4. The molecule has 0 fully saturated rings. The summed E-state index contributed by atoms with van der Waals surface area (Å²) < 4.78 is 3.39. The molecule has 0 unspecified atom stereocenters. The highest BCUT2D eigenvalue weighted by Crippen LogP contribution is 2.29. The lowest BCUT2D eigenvalue weighted by Gasteiger charge is -2.05. The maximum absolute atomic E-state index is 11.6. The summed E-state index contributed by atoms with van der Waals surface area (Å²) in [5.41, 5.74) is 1.07. The van der Waals surface area contributed by atoms with Crippen LogP contribution in [-0.4, -0.2) is 0 Å². The van der Waals surface area contributed by atoms with Crippen LogP contribution in [0.25, 0.3) is 4.83 Å². The van der Waals surface area contributed by atoms with Gasteiger partial charge in [-0.2, -0.15) is 0 Å². The van der Waals surface area contributed by atoms with Crippen molar-refractivity contribution >= 4 is 48.0 Å². The minimum Gasteiger partial charge on any atom is -0.867 e. The van der Waals surface area contributed by atoms with Gasteiger partial charge in [0.1, 0.15) is 0 Å². The van der Waals surface area contributed by atoms with Crippen molar-refractivity contribution in [3.63, 3.8) is 0 Å². The number of hydrogen-bond donors (Lipinski definition) is 0. The highest BCUT2D eigenvalue weighted by atomic mass is 79.9. The van der Waals surface area contributed by atoms with Gasteiger partial charge in [0.25, 0.3) is 9.43 Å². The second-order valence-corrected chi connectivity index (χ2v) is 5.19. The van der Waals surface area contributed by atoms with Crippen molar-refractivity contribution in [2.45, 2.75) is 6.92 Å². The van der Waals surface area contributed by atoms with E-state index in [4.69, 9.17) is 0 Å². The molecule has 2 aromatic rings. The molecule has 5 heteroatoms.